The molecule has 0 unspecified atom stereocenters. The number of hydrogen-bond donors (Lipinski definition) is 3. The Morgan fingerprint density at radius 2 is 1.67 bits per heavy atom. The SMILES string of the molecule is CN1CCN(C2CCN(C(=O)[C@@H](Cc3cc(Br)c(N)c(C(F)(F)F)c3)NC(=O)N3CCC(N4Cc5ccsc5NC4=O)CC3)CC2)CC1. The number of carbonyl (C=O) groups is 3. The predicted molar refractivity (Wildman–Crippen MR) is 182 cm³/mol. The van der Waals surface area contributed by atoms with Gasteiger partial charge in [-0.25, -0.2) is 9.59 Å². The summed E-state index contributed by atoms with van der Waals surface area (Å²) in [5.74, 6) is -0.312. The molecule has 0 bridgehead atoms. The van der Waals surface area contributed by atoms with Gasteiger partial charge in [0.05, 0.1) is 17.8 Å². The number of nitrogens with zero attached hydrogens (tertiary/aromatic N) is 5. The number of alkyl halides is 3. The zero-order chi connectivity index (χ0) is 34.2. The van der Waals surface area contributed by atoms with Crippen LogP contribution in [0.15, 0.2) is 28.1 Å². The van der Waals surface area contributed by atoms with E-state index in [0.29, 0.717) is 51.6 Å². The number of nitrogens with one attached hydrogen (secondary N) is 2. The summed E-state index contributed by atoms with van der Waals surface area (Å²) in [6.45, 7) is 6.25. The van der Waals surface area contributed by atoms with Crippen molar-refractivity contribution in [1.82, 2.24) is 29.8 Å². The molecule has 1 aromatic heterocycles. The molecule has 1 aromatic carbocycles. The number of thiophene rings is 1. The van der Waals surface area contributed by atoms with Crippen LogP contribution in [0.2, 0.25) is 0 Å². The number of benzene rings is 1. The molecule has 1 atom stereocenters. The lowest BCUT2D eigenvalue weighted by Crippen LogP contribution is -2.58. The average Bonchev–Trinajstić information content (AvgIpc) is 3.52. The molecule has 5 amide bonds. The Bertz CT molecular complexity index is 1500. The van der Waals surface area contributed by atoms with Crippen LogP contribution in [0.4, 0.5) is 33.4 Å². The molecule has 16 heteroatoms. The van der Waals surface area contributed by atoms with E-state index in [9.17, 15) is 27.6 Å². The van der Waals surface area contributed by atoms with Crippen molar-refractivity contribution in [1.29, 1.82) is 0 Å². The Balaban J connectivity index is 1.13. The first-order chi connectivity index (χ1) is 22.9. The molecular formula is C32H42BrF3N8O3S. The minimum atomic E-state index is -4.68. The van der Waals surface area contributed by atoms with Gasteiger partial charge < -0.3 is 30.7 Å². The number of piperazine rings is 1. The highest BCUT2D eigenvalue weighted by molar-refractivity contribution is 9.10. The van der Waals surface area contributed by atoms with E-state index in [1.54, 1.807) is 14.7 Å². The molecule has 262 valence electrons. The summed E-state index contributed by atoms with van der Waals surface area (Å²) in [6.07, 6.45) is -2.08. The van der Waals surface area contributed by atoms with Crippen LogP contribution in [-0.2, 0) is 23.9 Å². The third kappa shape index (κ3) is 7.71. The standard InChI is InChI=1S/C32H42BrF3N8O3S/c1-40-11-13-41(14-12-40)22-2-7-42(8-3-22)29(45)26(18-20-16-24(32(34,35)36)27(37)25(33)17-20)38-30(46)43-9-4-23(5-10-43)44-19-21-6-15-48-28(21)39-31(44)47/h6,15-17,22-23,26H,2-5,7-14,18-19,37H2,1H3,(H,38,46)(H,39,47)/t26-/m1/s1. The number of fused-ring (bicyclic) bond motifs is 1. The molecule has 0 spiro atoms. The van der Waals surface area contributed by atoms with E-state index in [2.05, 4.69) is 43.4 Å². The van der Waals surface area contributed by atoms with E-state index in [4.69, 9.17) is 5.73 Å². The molecule has 3 saturated heterocycles. The second kappa shape index (κ2) is 14.4. The number of halogens is 4. The van der Waals surface area contributed by atoms with Crippen LogP contribution in [0, 0.1) is 0 Å². The molecular weight excluding hydrogens is 713 g/mol. The van der Waals surface area contributed by atoms with E-state index in [-0.39, 0.29) is 34.4 Å². The van der Waals surface area contributed by atoms with E-state index >= 15 is 0 Å². The van der Waals surface area contributed by atoms with Crippen LogP contribution in [0.1, 0.15) is 42.4 Å². The number of amides is 5. The first kappa shape index (κ1) is 34.8. The summed E-state index contributed by atoms with van der Waals surface area (Å²) < 4.78 is 41.5. The van der Waals surface area contributed by atoms with E-state index in [1.165, 1.54) is 17.4 Å². The van der Waals surface area contributed by atoms with Crippen LogP contribution in [0.3, 0.4) is 0 Å². The number of rotatable bonds is 6. The number of nitrogens with two attached hydrogens (primary N) is 1. The summed E-state index contributed by atoms with van der Waals surface area (Å²) >= 11 is 4.64. The van der Waals surface area contributed by atoms with Gasteiger partial charge in [-0.15, -0.1) is 11.3 Å². The number of piperidine rings is 2. The molecule has 0 saturated carbocycles. The normalized spacial score (nSPS) is 21.2. The van der Waals surface area contributed by atoms with Crippen LogP contribution < -0.4 is 16.4 Å². The van der Waals surface area contributed by atoms with Crippen LogP contribution >= 0.6 is 27.3 Å². The van der Waals surface area contributed by atoms with Gasteiger partial charge in [-0.2, -0.15) is 13.2 Å². The highest BCUT2D eigenvalue weighted by Crippen LogP contribution is 2.38. The second-order valence-electron chi connectivity index (χ2n) is 13.2. The van der Waals surface area contributed by atoms with Crippen LogP contribution in [0.25, 0.3) is 0 Å². The molecule has 2 aromatic rings. The fraction of sp³-hybridized carbons (Fsp3) is 0.594. The summed E-state index contributed by atoms with van der Waals surface area (Å²) in [5, 5.41) is 8.63. The van der Waals surface area contributed by atoms with Gasteiger partial charge in [0.1, 0.15) is 11.0 Å². The van der Waals surface area contributed by atoms with Crippen LogP contribution in [-0.4, -0.2) is 120 Å². The van der Waals surface area contributed by atoms with E-state index in [1.807, 2.05) is 11.4 Å². The number of likely N-dealkylation sites (tertiary alicyclic amines) is 2. The smallest absolute Gasteiger partial charge is 0.397 e. The molecule has 6 rings (SSSR count). The van der Waals surface area contributed by atoms with Gasteiger partial charge >= 0.3 is 18.2 Å². The van der Waals surface area contributed by atoms with Crippen molar-refractivity contribution in [2.24, 2.45) is 0 Å². The van der Waals surface area contributed by atoms with Crippen molar-refractivity contribution in [3.8, 4) is 0 Å². The first-order valence-corrected chi connectivity index (χ1v) is 18.1. The third-order valence-corrected chi connectivity index (χ3v) is 11.7. The van der Waals surface area contributed by atoms with Gasteiger partial charge in [-0.1, -0.05) is 0 Å². The molecule has 0 aliphatic carbocycles. The Morgan fingerprint density at radius 3 is 2.33 bits per heavy atom. The van der Waals surface area contributed by atoms with Crippen molar-refractivity contribution in [2.75, 3.05) is 70.5 Å². The number of nitrogen functional groups attached to an aromatic ring is 1. The molecule has 11 nitrogen and oxygen atoms in total. The Labute approximate surface area is 290 Å². The number of likely N-dealkylation sites (N-methyl/N-ethyl adjacent to an activating group) is 1. The molecule has 5 heterocycles. The highest BCUT2D eigenvalue weighted by Gasteiger charge is 2.38. The fourth-order valence-corrected chi connectivity index (χ4v) is 8.54. The second-order valence-corrected chi connectivity index (χ2v) is 15.0. The lowest BCUT2D eigenvalue weighted by molar-refractivity contribution is -0.137. The summed E-state index contributed by atoms with van der Waals surface area (Å²) in [7, 11) is 2.11. The minimum Gasteiger partial charge on any atom is -0.397 e. The zero-order valence-electron chi connectivity index (χ0n) is 26.9. The predicted octanol–water partition coefficient (Wildman–Crippen LogP) is 4.48. The van der Waals surface area contributed by atoms with Crippen LogP contribution in [0.5, 0.6) is 0 Å². The monoisotopic (exact) mass is 754 g/mol. The topological polar surface area (TPSA) is 117 Å². The largest absolute Gasteiger partial charge is 0.418 e. The maximum atomic E-state index is 14.0. The summed E-state index contributed by atoms with van der Waals surface area (Å²) in [4.78, 5) is 50.3. The van der Waals surface area contributed by atoms with E-state index < -0.39 is 29.5 Å². The van der Waals surface area contributed by atoms with Gasteiger partial charge in [-0.05, 0) is 77.8 Å². The lowest BCUT2D eigenvalue weighted by atomic mass is 9.98. The van der Waals surface area contributed by atoms with E-state index in [0.717, 1.165) is 55.7 Å². The van der Waals surface area contributed by atoms with Gasteiger partial charge in [0.25, 0.3) is 0 Å². The maximum absolute atomic E-state index is 14.0. The number of anilines is 2. The van der Waals surface area contributed by atoms with Crippen molar-refractivity contribution >= 4 is 55.9 Å². The Kier molecular flexibility index (Phi) is 10.4. The number of carbonyl (C=O) groups excluding carboxylic acids is 3. The van der Waals surface area contributed by atoms with Gasteiger partial charge in [-0.3, -0.25) is 15.0 Å². The molecule has 4 aliphatic heterocycles. The molecule has 4 N–H and O–H groups in total. The molecule has 48 heavy (non-hydrogen) atoms. The highest BCUT2D eigenvalue weighted by atomic mass is 79.9. The van der Waals surface area contributed by atoms with Gasteiger partial charge in [0, 0.05) is 80.9 Å². The Morgan fingerprint density at radius 1 is 1.02 bits per heavy atom. The van der Waals surface area contributed by atoms with Gasteiger partial charge in [0.2, 0.25) is 5.91 Å². The summed E-state index contributed by atoms with van der Waals surface area (Å²) in [5.41, 5.74) is 5.63. The number of hydrogen-bond acceptors (Lipinski definition) is 7. The quantitative estimate of drug-likeness (QED) is 0.375. The minimum absolute atomic E-state index is 0.0472. The third-order valence-electron chi connectivity index (χ3n) is 10.1. The molecule has 3 fully saturated rings. The summed E-state index contributed by atoms with van der Waals surface area (Å²) in [6, 6.07) is 3.08. The lowest BCUT2D eigenvalue weighted by Gasteiger charge is -2.43. The fourth-order valence-electron chi connectivity index (χ4n) is 7.23. The van der Waals surface area contributed by atoms with Crippen molar-refractivity contribution in [3.05, 3.63) is 44.7 Å². The van der Waals surface area contributed by atoms with Crippen molar-refractivity contribution in [3.63, 3.8) is 0 Å². The van der Waals surface area contributed by atoms with Crippen molar-refractivity contribution < 1.29 is 27.6 Å². The maximum Gasteiger partial charge on any atom is 0.418 e. The zero-order valence-corrected chi connectivity index (χ0v) is 29.3. The molecule has 0 radical (unpaired) electrons. The molecule has 4 aliphatic rings. The Hall–Kier alpha value is -3.08. The van der Waals surface area contributed by atoms with Crippen molar-refractivity contribution in [2.45, 2.75) is 63.0 Å². The van der Waals surface area contributed by atoms with Gasteiger partial charge in [0.15, 0.2) is 0 Å². The number of urea groups is 2. The first-order valence-electron chi connectivity index (χ1n) is 16.4. The average molecular weight is 756 g/mol.